The van der Waals surface area contributed by atoms with E-state index in [1.54, 1.807) is 0 Å². The van der Waals surface area contributed by atoms with Crippen molar-refractivity contribution in [3.8, 4) is 0 Å². The van der Waals surface area contributed by atoms with Crippen LogP contribution in [0.4, 0.5) is 0 Å². The molecule has 72 valence electrons. The van der Waals surface area contributed by atoms with Crippen LogP contribution in [0.25, 0.3) is 0 Å². The summed E-state index contributed by atoms with van der Waals surface area (Å²) in [6, 6.07) is 0. The van der Waals surface area contributed by atoms with Gasteiger partial charge in [0.25, 0.3) is 0 Å². The molecule has 0 aromatic carbocycles. The van der Waals surface area contributed by atoms with Crippen molar-refractivity contribution in [3.05, 3.63) is 0 Å². The number of ether oxygens (including phenoxy) is 1. The first-order valence-electron chi connectivity index (χ1n) is 3.52. The molecule has 1 fully saturated rings. The second-order valence-electron chi connectivity index (χ2n) is 2.82. The van der Waals surface area contributed by atoms with Gasteiger partial charge in [0.15, 0.2) is 0 Å². The topological polar surface area (TPSA) is 110 Å². The Balaban J connectivity index is 2.71. The first-order valence-corrected chi connectivity index (χ1v) is 3.52. The summed E-state index contributed by atoms with van der Waals surface area (Å²) >= 11 is 0. The summed E-state index contributed by atoms with van der Waals surface area (Å²) in [5.74, 6) is -2.17. The van der Waals surface area contributed by atoms with E-state index in [4.69, 9.17) is 20.4 Å². The molecule has 1 heterocycles. The number of aliphatic hydroxyl groups excluding tert-OH is 4. The van der Waals surface area contributed by atoms with Crippen LogP contribution in [0.15, 0.2) is 0 Å². The molecule has 0 aromatic heterocycles. The Labute approximate surface area is 68.6 Å². The number of rotatable bonds is 1. The third-order valence-electron chi connectivity index (χ3n) is 1.91. The van der Waals surface area contributed by atoms with Crippen molar-refractivity contribution in [2.45, 2.75) is 24.1 Å². The van der Waals surface area contributed by atoms with Crippen LogP contribution >= 0.6 is 0 Å². The molecule has 0 radical (unpaired) electrons. The highest BCUT2D eigenvalue weighted by molar-refractivity contribution is 4.90. The van der Waals surface area contributed by atoms with Crippen molar-refractivity contribution in [1.82, 2.24) is 0 Å². The summed E-state index contributed by atoms with van der Waals surface area (Å²) in [6.07, 6.45) is -4.45. The molecule has 6 nitrogen and oxygen atoms in total. The number of hydrogen-bond acceptors (Lipinski definition) is 6. The van der Waals surface area contributed by atoms with E-state index in [2.05, 4.69) is 4.74 Å². The lowest BCUT2D eigenvalue weighted by atomic mass is 9.98. The fourth-order valence-corrected chi connectivity index (χ4v) is 1.03. The van der Waals surface area contributed by atoms with Crippen LogP contribution < -0.4 is 0 Å². The molecule has 12 heavy (non-hydrogen) atoms. The highest BCUT2D eigenvalue weighted by Crippen LogP contribution is 2.22. The molecule has 0 aliphatic carbocycles. The Morgan fingerprint density at radius 1 is 1.33 bits per heavy atom. The normalized spacial score (nSPS) is 49.2. The second kappa shape index (κ2) is 3.25. The molecule has 1 aliphatic heterocycles. The summed E-state index contributed by atoms with van der Waals surface area (Å²) in [5.41, 5.74) is 0. The van der Waals surface area contributed by atoms with Crippen molar-refractivity contribution >= 4 is 0 Å². The lowest BCUT2D eigenvalue weighted by Gasteiger charge is -2.40. The van der Waals surface area contributed by atoms with E-state index < -0.39 is 30.7 Å². The lowest BCUT2D eigenvalue weighted by molar-refractivity contribution is -0.331. The van der Waals surface area contributed by atoms with Crippen LogP contribution in [0.3, 0.4) is 0 Å². The number of hydrogen-bond donors (Lipinski definition) is 5. The van der Waals surface area contributed by atoms with Crippen LogP contribution in [-0.4, -0.2) is 62.8 Å². The highest BCUT2D eigenvalue weighted by Gasteiger charge is 2.47. The van der Waals surface area contributed by atoms with Gasteiger partial charge in [-0.3, -0.25) is 0 Å². The van der Waals surface area contributed by atoms with Gasteiger partial charge in [0.1, 0.15) is 18.3 Å². The molecule has 4 atom stereocenters. The van der Waals surface area contributed by atoms with Crippen LogP contribution in [0.1, 0.15) is 0 Å². The molecule has 0 aromatic rings. The Bertz CT molecular complexity index is 162. The zero-order valence-corrected chi connectivity index (χ0v) is 6.29. The summed E-state index contributed by atoms with van der Waals surface area (Å²) < 4.78 is 4.56. The summed E-state index contributed by atoms with van der Waals surface area (Å²) in [4.78, 5) is 0. The van der Waals surface area contributed by atoms with Crippen molar-refractivity contribution < 1.29 is 30.3 Å². The molecule has 1 saturated heterocycles. The van der Waals surface area contributed by atoms with Gasteiger partial charge in [0.05, 0.1) is 13.2 Å². The van der Waals surface area contributed by atoms with Crippen molar-refractivity contribution in [3.63, 3.8) is 0 Å². The van der Waals surface area contributed by atoms with E-state index in [0.29, 0.717) is 0 Å². The molecule has 0 unspecified atom stereocenters. The summed E-state index contributed by atoms with van der Waals surface area (Å²) in [5, 5.41) is 45.0. The van der Waals surface area contributed by atoms with E-state index in [0.717, 1.165) is 0 Å². The van der Waals surface area contributed by atoms with Gasteiger partial charge in [0, 0.05) is 0 Å². The van der Waals surface area contributed by atoms with E-state index in [-0.39, 0.29) is 6.61 Å². The smallest absolute Gasteiger partial charge is 0.218 e. The molecular weight excluding hydrogens is 168 g/mol. The van der Waals surface area contributed by atoms with Gasteiger partial charge in [-0.2, -0.15) is 0 Å². The minimum atomic E-state index is -2.17. The van der Waals surface area contributed by atoms with Gasteiger partial charge in [0.2, 0.25) is 5.79 Å². The quantitative estimate of drug-likeness (QED) is 0.290. The molecule has 0 amide bonds. The molecule has 0 bridgehead atoms. The molecule has 6 heteroatoms. The van der Waals surface area contributed by atoms with Crippen molar-refractivity contribution in [2.75, 3.05) is 13.2 Å². The second-order valence-corrected chi connectivity index (χ2v) is 2.82. The molecule has 0 saturated carbocycles. The first kappa shape index (κ1) is 9.85. The van der Waals surface area contributed by atoms with Gasteiger partial charge in [-0.25, -0.2) is 0 Å². The van der Waals surface area contributed by atoms with Gasteiger partial charge in [-0.1, -0.05) is 0 Å². The van der Waals surface area contributed by atoms with Crippen LogP contribution in [0.5, 0.6) is 0 Å². The predicted molar refractivity (Wildman–Crippen MR) is 36.0 cm³/mol. The monoisotopic (exact) mass is 180 g/mol. The predicted octanol–water partition coefficient (Wildman–Crippen LogP) is -3.22. The molecule has 5 N–H and O–H groups in total. The van der Waals surface area contributed by atoms with Crippen molar-refractivity contribution in [2.24, 2.45) is 0 Å². The van der Waals surface area contributed by atoms with Gasteiger partial charge in [-0.05, 0) is 0 Å². The SMILES string of the molecule is OC[C@]1(O)OC[C@@H](O)[C@H](O)[C@H]1O. The van der Waals surface area contributed by atoms with Crippen LogP contribution in [0.2, 0.25) is 0 Å². The lowest BCUT2D eigenvalue weighted by Crippen LogP contribution is -2.62. The molecular formula is C6H12O6. The Hall–Kier alpha value is -0.240. The minimum Gasteiger partial charge on any atom is -0.391 e. The highest BCUT2D eigenvalue weighted by atomic mass is 16.7. The van der Waals surface area contributed by atoms with Gasteiger partial charge < -0.3 is 30.3 Å². The Morgan fingerprint density at radius 2 is 1.92 bits per heavy atom. The minimum absolute atomic E-state index is 0.324. The maximum atomic E-state index is 9.24. The summed E-state index contributed by atoms with van der Waals surface area (Å²) in [7, 11) is 0. The average molecular weight is 180 g/mol. The average Bonchev–Trinajstić information content (AvgIpc) is 2.09. The maximum Gasteiger partial charge on any atom is 0.218 e. The van der Waals surface area contributed by atoms with Gasteiger partial charge in [-0.15, -0.1) is 0 Å². The zero-order chi connectivity index (χ0) is 9.35. The third-order valence-corrected chi connectivity index (χ3v) is 1.91. The Morgan fingerprint density at radius 3 is 2.42 bits per heavy atom. The first-order chi connectivity index (χ1) is 5.51. The molecule has 1 aliphatic rings. The van der Waals surface area contributed by atoms with E-state index in [1.165, 1.54) is 0 Å². The standard InChI is InChI=1S/C6H12O6/c7-2-6(11)5(10)4(9)3(8)1-12-6/h3-5,7-11H,1-2H2/t3-,4+,5-,6+/m1/s1. The molecule has 1 rings (SSSR count). The summed E-state index contributed by atoms with van der Waals surface area (Å²) in [6.45, 7) is -1.16. The zero-order valence-electron chi connectivity index (χ0n) is 6.29. The fraction of sp³-hybridized carbons (Fsp3) is 1.00. The van der Waals surface area contributed by atoms with Crippen LogP contribution in [-0.2, 0) is 4.74 Å². The van der Waals surface area contributed by atoms with Crippen molar-refractivity contribution in [1.29, 1.82) is 0 Å². The van der Waals surface area contributed by atoms with Crippen LogP contribution in [0, 0.1) is 0 Å². The maximum absolute atomic E-state index is 9.24. The van der Waals surface area contributed by atoms with E-state index in [1.807, 2.05) is 0 Å². The third kappa shape index (κ3) is 1.45. The largest absolute Gasteiger partial charge is 0.391 e. The Kier molecular flexibility index (Phi) is 2.67. The van der Waals surface area contributed by atoms with E-state index in [9.17, 15) is 5.11 Å². The molecule has 0 spiro atoms. The van der Waals surface area contributed by atoms with E-state index >= 15 is 0 Å². The number of aliphatic hydroxyl groups is 5. The fourth-order valence-electron chi connectivity index (χ4n) is 1.03. The van der Waals surface area contributed by atoms with Gasteiger partial charge >= 0.3 is 0 Å².